The number of hydrogen-bond acceptors (Lipinski definition) is 5. The van der Waals surface area contributed by atoms with Crippen molar-refractivity contribution in [1.82, 2.24) is 4.90 Å². The second-order valence-electron chi connectivity index (χ2n) is 5.12. The Morgan fingerprint density at radius 1 is 1.38 bits per heavy atom. The number of piperidine rings is 1. The van der Waals surface area contributed by atoms with E-state index in [1.807, 2.05) is 4.90 Å². The molecule has 1 aromatic rings. The molecule has 0 amide bonds. The lowest BCUT2D eigenvalue weighted by molar-refractivity contribution is -0.384. The van der Waals surface area contributed by atoms with E-state index in [-0.39, 0.29) is 11.8 Å². The van der Waals surface area contributed by atoms with E-state index in [9.17, 15) is 14.9 Å². The van der Waals surface area contributed by atoms with Gasteiger partial charge in [0.15, 0.2) is 0 Å². The lowest BCUT2D eigenvalue weighted by atomic mass is 10.1. The van der Waals surface area contributed by atoms with Gasteiger partial charge in [-0.05, 0) is 31.9 Å². The smallest absolute Gasteiger partial charge is 0.320 e. The fourth-order valence-electron chi connectivity index (χ4n) is 2.38. The SMILES string of the molecule is CC(C(=O)O)N1CCC(Oc2ccc([N+](=O)[O-])cc2)CC1. The fourth-order valence-corrected chi connectivity index (χ4v) is 2.38. The average Bonchev–Trinajstić information content (AvgIpc) is 2.47. The van der Waals surface area contributed by atoms with Crippen LogP contribution in [0.1, 0.15) is 19.8 Å². The Hall–Kier alpha value is -2.15. The van der Waals surface area contributed by atoms with Gasteiger partial charge in [0, 0.05) is 25.2 Å². The molecule has 21 heavy (non-hydrogen) atoms. The highest BCUT2D eigenvalue weighted by atomic mass is 16.6. The van der Waals surface area contributed by atoms with Crippen LogP contribution in [-0.2, 0) is 4.79 Å². The third-order valence-electron chi connectivity index (χ3n) is 3.73. The zero-order chi connectivity index (χ0) is 15.4. The molecule has 1 aliphatic rings. The van der Waals surface area contributed by atoms with Crippen molar-refractivity contribution >= 4 is 11.7 Å². The number of rotatable bonds is 5. The molecule has 1 aromatic carbocycles. The van der Waals surface area contributed by atoms with Crippen LogP contribution in [0.5, 0.6) is 5.75 Å². The zero-order valence-corrected chi connectivity index (χ0v) is 11.8. The molecule has 7 heteroatoms. The molecule has 0 radical (unpaired) electrons. The van der Waals surface area contributed by atoms with Crippen molar-refractivity contribution < 1.29 is 19.6 Å². The van der Waals surface area contributed by atoms with Crippen LogP contribution < -0.4 is 4.74 Å². The summed E-state index contributed by atoms with van der Waals surface area (Å²) in [4.78, 5) is 23.0. The Morgan fingerprint density at radius 2 is 1.95 bits per heavy atom. The number of nitro benzene ring substituents is 1. The summed E-state index contributed by atoms with van der Waals surface area (Å²) in [5, 5.41) is 19.5. The van der Waals surface area contributed by atoms with Crippen LogP contribution in [0.4, 0.5) is 5.69 Å². The molecule has 1 aliphatic heterocycles. The fraction of sp³-hybridized carbons (Fsp3) is 0.500. The van der Waals surface area contributed by atoms with Crippen molar-refractivity contribution in [2.24, 2.45) is 0 Å². The van der Waals surface area contributed by atoms with Gasteiger partial charge in [0.25, 0.3) is 5.69 Å². The largest absolute Gasteiger partial charge is 0.490 e. The molecule has 1 atom stereocenters. The molecular weight excluding hydrogens is 276 g/mol. The molecule has 1 saturated heterocycles. The Bertz CT molecular complexity index is 509. The van der Waals surface area contributed by atoms with Gasteiger partial charge in [0.1, 0.15) is 17.9 Å². The summed E-state index contributed by atoms with van der Waals surface area (Å²) in [6.45, 7) is 3.02. The third-order valence-corrected chi connectivity index (χ3v) is 3.73. The number of likely N-dealkylation sites (tertiary alicyclic amines) is 1. The van der Waals surface area contributed by atoms with E-state index in [0.717, 1.165) is 12.8 Å². The molecule has 1 fully saturated rings. The van der Waals surface area contributed by atoms with Crippen molar-refractivity contribution in [2.75, 3.05) is 13.1 Å². The minimum Gasteiger partial charge on any atom is -0.490 e. The molecule has 0 saturated carbocycles. The number of non-ortho nitro benzene ring substituents is 1. The van der Waals surface area contributed by atoms with Crippen LogP contribution in [0.3, 0.4) is 0 Å². The maximum absolute atomic E-state index is 10.9. The van der Waals surface area contributed by atoms with Crippen molar-refractivity contribution in [2.45, 2.75) is 31.9 Å². The van der Waals surface area contributed by atoms with Gasteiger partial charge in [-0.25, -0.2) is 0 Å². The van der Waals surface area contributed by atoms with Gasteiger partial charge in [-0.1, -0.05) is 0 Å². The molecule has 114 valence electrons. The van der Waals surface area contributed by atoms with E-state index >= 15 is 0 Å². The molecule has 0 spiro atoms. The van der Waals surface area contributed by atoms with Gasteiger partial charge < -0.3 is 9.84 Å². The van der Waals surface area contributed by atoms with E-state index in [1.165, 1.54) is 12.1 Å². The molecule has 1 N–H and O–H groups in total. The molecule has 0 bridgehead atoms. The number of nitro groups is 1. The van der Waals surface area contributed by atoms with Crippen molar-refractivity contribution in [1.29, 1.82) is 0 Å². The first-order chi connectivity index (χ1) is 9.97. The van der Waals surface area contributed by atoms with Crippen LogP contribution in [0, 0.1) is 10.1 Å². The van der Waals surface area contributed by atoms with E-state index in [4.69, 9.17) is 9.84 Å². The zero-order valence-electron chi connectivity index (χ0n) is 11.8. The Morgan fingerprint density at radius 3 is 2.43 bits per heavy atom. The Labute approximate surface area is 122 Å². The summed E-state index contributed by atoms with van der Waals surface area (Å²) in [6, 6.07) is 5.52. The summed E-state index contributed by atoms with van der Waals surface area (Å²) in [6.07, 6.45) is 1.51. The van der Waals surface area contributed by atoms with E-state index in [1.54, 1.807) is 19.1 Å². The third kappa shape index (κ3) is 3.91. The van der Waals surface area contributed by atoms with Crippen LogP contribution in [0.2, 0.25) is 0 Å². The molecule has 1 heterocycles. The maximum Gasteiger partial charge on any atom is 0.320 e. The summed E-state index contributed by atoms with van der Waals surface area (Å²) in [5.41, 5.74) is 0.0347. The normalized spacial score (nSPS) is 18.1. The van der Waals surface area contributed by atoms with Crippen molar-refractivity contribution in [3.63, 3.8) is 0 Å². The Balaban J connectivity index is 1.86. The van der Waals surface area contributed by atoms with Gasteiger partial charge in [-0.3, -0.25) is 19.8 Å². The minimum atomic E-state index is -0.815. The first kappa shape index (κ1) is 15.2. The number of nitrogens with zero attached hydrogens (tertiary/aromatic N) is 2. The predicted molar refractivity (Wildman–Crippen MR) is 75.4 cm³/mol. The minimum absolute atomic E-state index is 0.0173. The highest BCUT2D eigenvalue weighted by Crippen LogP contribution is 2.22. The Kier molecular flexibility index (Phi) is 4.74. The van der Waals surface area contributed by atoms with Crippen LogP contribution >= 0.6 is 0 Å². The number of aliphatic carboxylic acids is 1. The van der Waals surface area contributed by atoms with Gasteiger partial charge in [0.2, 0.25) is 0 Å². The second kappa shape index (κ2) is 6.53. The number of carboxylic acid groups (broad SMARTS) is 1. The first-order valence-electron chi connectivity index (χ1n) is 6.85. The van der Waals surface area contributed by atoms with Gasteiger partial charge in [-0.2, -0.15) is 0 Å². The molecule has 2 rings (SSSR count). The lowest BCUT2D eigenvalue weighted by Crippen LogP contribution is -2.46. The highest BCUT2D eigenvalue weighted by molar-refractivity contribution is 5.72. The maximum atomic E-state index is 10.9. The molecule has 0 aliphatic carbocycles. The van der Waals surface area contributed by atoms with Gasteiger partial charge in [-0.15, -0.1) is 0 Å². The molecule has 7 nitrogen and oxygen atoms in total. The number of ether oxygens (including phenoxy) is 1. The van der Waals surface area contributed by atoms with Crippen LogP contribution in [0.25, 0.3) is 0 Å². The van der Waals surface area contributed by atoms with Crippen LogP contribution in [0.15, 0.2) is 24.3 Å². The average molecular weight is 294 g/mol. The van der Waals surface area contributed by atoms with Crippen molar-refractivity contribution in [3.8, 4) is 5.75 Å². The number of hydrogen-bond donors (Lipinski definition) is 1. The number of carboxylic acids is 1. The van der Waals surface area contributed by atoms with E-state index in [2.05, 4.69) is 0 Å². The number of benzene rings is 1. The van der Waals surface area contributed by atoms with E-state index in [0.29, 0.717) is 18.8 Å². The summed E-state index contributed by atoms with van der Waals surface area (Å²) < 4.78 is 5.78. The standard InChI is InChI=1S/C14H18N2O5/c1-10(14(17)18)15-8-6-13(7-9-15)21-12-4-2-11(3-5-12)16(19)20/h2-5,10,13H,6-9H2,1H3,(H,17,18). The van der Waals surface area contributed by atoms with Crippen LogP contribution in [-0.4, -0.2) is 46.1 Å². The topological polar surface area (TPSA) is 92.9 Å². The first-order valence-corrected chi connectivity index (χ1v) is 6.85. The van der Waals surface area contributed by atoms with E-state index < -0.39 is 16.9 Å². The van der Waals surface area contributed by atoms with Crippen molar-refractivity contribution in [3.05, 3.63) is 34.4 Å². The quantitative estimate of drug-likeness (QED) is 0.658. The monoisotopic (exact) mass is 294 g/mol. The molecule has 0 aromatic heterocycles. The van der Waals surface area contributed by atoms with Gasteiger partial charge >= 0.3 is 5.97 Å². The summed E-state index contributed by atoms with van der Waals surface area (Å²) in [5.74, 6) is -0.213. The summed E-state index contributed by atoms with van der Waals surface area (Å²) in [7, 11) is 0. The summed E-state index contributed by atoms with van der Waals surface area (Å²) >= 11 is 0. The highest BCUT2D eigenvalue weighted by Gasteiger charge is 2.27. The molecule has 1 unspecified atom stereocenters. The lowest BCUT2D eigenvalue weighted by Gasteiger charge is -2.34. The predicted octanol–water partition coefficient (Wildman–Crippen LogP) is 1.91. The van der Waals surface area contributed by atoms with Gasteiger partial charge in [0.05, 0.1) is 4.92 Å². The molecular formula is C14H18N2O5. The second-order valence-corrected chi connectivity index (χ2v) is 5.12. The number of carbonyl (C=O) groups is 1.